The molecule has 0 aliphatic rings. The van der Waals surface area contributed by atoms with Crippen LogP contribution in [0, 0.1) is 5.92 Å². The zero-order chi connectivity index (χ0) is 18.3. The molecule has 0 aromatic heterocycles. The quantitative estimate of drug-likeness (QED) is 0.749. The molecule has 0 saturated heterocycles. The molecule has 6 nitrogen and oxygen atoms in total. The molecule has 0 aliphatic carbocycles. The van der Waals surface area contributed by atoms with E-state index in [0.29, 0.717) is 17.7 Å². The molecule has 24 heavy (non-hydrogen) atoms. The Kier molecular flexibility index (Phi) is 7.41. The Balaban J connectivity index is 2.53. The highest BCUT2D eigenvalue weighted by Crippen LogP contribution is 2.11. The van der Waals surface area contributed by atoms with Crippen LogP contribution in [0.1, 0.15) is 44.5 Å². The minimum Gasteiger partial charge on any atom is -0.351 e. The molecule has 2 N–H and O–H groups in total. The van der Waals surface area contributed by atoms with Crippen molar-refractivity contribution in [3.63, 3.8) is 0 Å². The van der Waals surface area contributed by atoms with Gasteiger partial charge in [-0.1, -0.05) is 13.8 Å². The Labute approximate surface area is 143 Å². The van der Waals surface area contributed by atoms with Crippen molar-refractivity contribution in [2.75, 3.05) is 17.6 Å². The summed E-state index contributed by atoms with van der Waals surface area (Å²) in [5, 5.41) is 4.90. The number of hydrogen-bond donors (Lipinski definition) is 2. The van der Waals surface area contributed by atoms with Gasteiger partial charge in [-0.15, -0.1) is 0 Å². The Hall–Kier alpha value is -1.89. The second kappa shape index (κ2) is 8.82. The van der Waals surface area contributed by atoms with E-state index in [1.807, 2.05) is 13.8 Å². The molecule has 0 fully saturated rings. The van der Waals surface area contributed by atoms with Gasteiger partial charge in [-0.3, -0.25) is 9.59 Å². The van der Waals surface area contributed by atoms with E-state index in [4.69, 9.17) is 0 Å². The predicted molar refractivity (Wildman–Crippen MR) is 95.8 cm³/mol. The van der Waals surface area contributed by atoms with Crippen molar-refractivity contribution >= 4 is 27.3 Å². The van der Waals surface area contributed by atoms with Crippen LogP contribution >= 0.6 is 0 Å². The lowest BCUT2D eigenvalue weighted by atomic mass is 10.1. The summed E-state index contributed by atoms with van der Waals surface area (Å²) >= 11 is 0. The van der Waals surface area contributed by atoms with Gasteiger partial charge in [0, 0.05) is 24.2 Å². The van der Waals surface area contributed by atoms with Crippen LogP contribution in [0.15, 0.2) is 24.3 Å². The van der Waals surface area contributed by atoms with E-state index < -0.39 is 15.1 Å². The molecule has 0 heterocycles. The van der Waals surface area contributed by atoms with E-state index >= 15 is 0 Å². The van der Waals surface area contributed by atoms with Gasteiger partial charge < -0.3 is 10.6 Å². The van der Waals surface area contributed by atoms with Crippen LogP contribution in [-0.2, 0) is 14.6 Å². The molecule has 7 heteroatoms. The fourth-order valence-corrected chi connectivity index (χ4v) is 2.79. The predicted octanol–water partition coefficient (Wildman–Crippen LogP) is 2.22. The van der Waals surface area contributed by atoms with E-state index in [9.17, 15) is 18.0 Å². The van der Waals surface area contributed by atoms with Gasteiger partial charge in [0.15, 0.2) is 9.84 Å². The molecule has 0 radical (unpaired) electrons. The normalized spacial score (nSPS) is 11.6. The van der Waals surface area contributed by atoms with Crippen molar-refractivity contribution in [1.82, 2.24) is 5.32 Å². The summed E-state index contributed by atoms with van der Waals surface area (Å²) in [6, 6.07) is 6.49. The largest absolute Gasteiger partial charge is 0.351 e. The summed E-state index contributed by atoms with van der Waals surface area (Å²) in [5.41, 5.74) is 1.04. The van der Waals surface area contributed by atoms with Crippen molar-refractivity contribution in [2.24, 2.45) is 5.92 Å². The Morgan fingerprint density at radius 3 is 2.12 bits per heavy atom. The van der Waals surface area contributed by atoms with Crippen molar-refractivity contribution in [2.45, 2.75) is 39.4 Å². The maximum absolute atomic E-state index is 12.0. The first-order valence-corrected chi connectivity index (χ1v) is 9.73. The van der Waals surface area contributed by atoms with Crippen LogP contribution < -0.4 is 10.6 Å². The summed E-state index contributed by atoms with van der Waals surface area (Å²) in [7, 11) is -3.17. The molecule has 2 amide bonds. The Morgan fingerprint density at radius 2 is 1.62 bits per heavy atom. The highest BCUT2D eigenvalue weighted by molar-refractivity contribution is 7.92. The van der Waals surface area contributed by atoms with Crippen molar-refractivity contribution in [3.05, 3.63) is 29.8 Å². The zero-order valence-corrected chi connectivity index (χ0v) is 15.4. The molecule has 0 bridgehead atoms. The van der Waals surface area contributed by atoms with Gasteiger partial charge in [-0.25, -0.2) is 8.42 Å². The average Bonchev–Trinajstić information content (AvgIpc) is 2.46. The molecule has 0 saturated carbocycles. The van der Waals surface area contributed by atoms with E-state index in [-0.39, 0.29) is 30.0 Å². The van der Waals surface area contributed by atoms with Gasteiger partial charge in [0.2, 0.25) is 5.91 Å². The fourth-order valence-electron chi connectivity index (χ4n) is 1.93. The Morgan fingerprint density at radius 1 is 1.04 bits per heavy atom. The smallest absolute Gasteiger partial charge is 0.251 e. The van der Waals surface area contributed by atoms with Gasteiger partial charge in [-0.05, 0) is 44.0 Å². The van der Waals surface area contributed by atoms with Crippen molar-refractivity contribution < 1.29 is 18.0 Å². The number of anilines is 1. The summed E-state index contributed by atoms with van der Waals surface area (Å²) in [5.74, 6) is -0.216. The number of nitrogens with one attached hydrogen (secondary N) is 2. The van der Waals surface area contributed by atoms with Crippen LogP contribution in [-0.4, -0.2) is 37.8 Å². The highest BCUT2D eigenvalue weighted by Gasteiger charge is 2.16. The third-order valence-electron chi connectivity index (χ3n) is 3.41. The molecule has 134 valence electrons. The zero-order valence-electron chi connectivity index (χ0n) is 14.6. The first-order valence-electron chi connectivity index (χ1n) is 8.01. The number of hydrogen-bond acceptors (Lipinski definition) is 4. The third kappa shape index (κ3) is 6.70. The fraction of sp³-hybridized carbons (Fsp3) is 0.529. The monoisotopic (exact) mass is 354 g/mol. The SMILES string of the molecule is CC(C)CC(=O)Nc1ccc(C(=O)NCCS(=O)(=O)C(C)C)cc1. The van der Waals surface area contributed by atoms with Crippen LogP contribution in [0.4, 0.5) is 5.69 Å². The molecule has 1 rings (SSSR count). The molecule has 0 unspecified atom stereocenters. The van der Waals surface area contributed by atoms with Gasteiger partial charge in [0.1, 0.15) is 0 Å². The number of benzene rings is 1. The highest BCUT2D eigenvalue weighted by atomic mass is 32.2. The second-order valence-corrected chi connectivity index (χ2v) is 9.07. The summed E-state index contributed by atoms with van der Waals surface area (Å²) < 4.78 is 23.4. The number of rotatable bonds is 8. The van der Waals surface area contributed by atoms with Gasteiger partial charge in [0.25, 0.3) is 5.91 Å². The molecular weight excluding hydrogens is 328 g/mol. The van der Waals surface area contributed by atoms with Gasteiger partial charge >= 0.3 is 0 Å². The van der Waals surface area contributed by atoms with Crippen LogP contribution in [0.2, 0.25) is 0 Å². The standard InChI is InChI=1S/C17H26N2O4S/c1-12(2)11-16(20)19-15-7-5-14(6-8-15)17(21)18-9-10-24(22,23)13(3)4/h5-8,12-13H,9-11H2,1-4H3,(H,18,21)(H,19,20). The van der Waals surface area contributed by atoms with E-state index in [1.165, 1.54) is 0 Å². The molecule has 0 spiro atoms. The summed E-state index contributed by atoms with van der Waals surface area (Å²) in [6.45, 7) is 7.23. The molecular formula is C17H26N2O4S. The second-order valence-electron chi connectivity index (χ2n) is 6.40. The third-order valence-corrected chi connectivity index (χ3v) is 5.62. The molecule has 0 atom stereocenters. The first-order chi connectivity index (χ1) is 11.1. The number of amides is 2. The van der Waals surface area contributed by atoms with Gasteiger partial charge in [0.05, 0.1) is 11.0 Å². The van der Waals surface area contributed by atoms with E-state index in [0.717, 1.165) is 0 Å². The van der Waals surface area contributed by atoms with Crippen LogP contribution in [0.3, 0.4) is 0 Å². The van der Waals surface area contributed by atoms with E-state index in [1.54, 1.807) is 38.1 Å². The maximum Gasteiger partial charge on any atom is 0.251 e. The maximum atomic E-state index is 12.0. The van der Waals surface area contributed by atoms with Crippen molar-refractivity contribution in [3.8, 4) is 0 Å². The van der Waals surface area contributed by atoms with Crippen molar-refractivity contribution in [1.29, 1.82) is 0 Å². The minimum absolute atomic E-state index is 0.0684. The first kappa shape index (κ1) is 20.2. The lowest BCUT2D eigenvalue weighted by Gasteiger charge is -2.10. The minimum atomic E-state index is -3.17. The molecule has 1 aromatic carbocycles. The lowest BCUT2D eigenvalue weighted by Crippen LogP contribution is -2.31. The number of sulfone groups is 1. The van der Waals surface area contributed by atoms with E-state index in [2.05, 4.69) is 10.6 Å². The molecule has 0 aliphatic heterocycles. The molecule has 1 aromatic rings. The Bertz CT molecular complexity index is 664. The van der Waals surface area contributed by atoms with Gasteiger partial charge in [-0.2, -0.15) is 0 Å². The summed E-state index contributed by atoms with van der Waals surface area (Å²) in [6.07, 6.45) is 0.437. The van der Waals surface area contributed by atoms with Crippen LogP contribution in [0.25, 0.3) is 0 Å². The average molecular weight is 354 g/mol. The number of carbonyl (C=O) groups is 2. The number of carbonyl (C=O) groups excluding carboxylic acids is 2. The summed E-state index contributed by atoms with van der Waals surface area (Å²) in [4.78, 5) is 23.7. The van der Waals surface area contributed by atoms with Crippen LogP contribution in [0.5, 0.6) is 0 Å². The topological polar surface area (TPSA) is 92.3 Å². The lowest BCUT2D eigenvalue weighted by molar-refractivity contribution is -0.116.